The monoisotopic (exact) mass is 436 g/mol. The van der Waals surface area contributed by atoms with Gasteiger partial charge in [0.2, 0.25) is 5.91 Å². The summed E-state index contributed by atoms with van der Waals surface area (Å²) in [5.41, 5.74) is 1.80. The Balaban J connectivity index is 1.47. The number of amides is 2. The van der Waals surface area contributed by atoms with Gasteiger partial charge in [-0.2, -0.15) is 0 Å². The van der Waals surface area contributed by atoms with Gasteiger partial charge in [-0.1, -0.05) is 19.1 Å². The van der Waals surface area contributed by atoms with Crippen LogP contribution >= 0.6 is 0 Å². The molecule has 0 radical (unpaired) electrons. The van der Waals surface area contributed by atoms with E-state index in [2.05, 4.69) is 16.8 Å². The Morgan fingerprint density at radius 2 is 2.00 bits per heavy atom. The van der Waals surface area contributed by atoms with Gasteiger partial charge in [0.15, 0.2) is 6.10 Å². The number of hydrogen-bond donors (Lipinski definition) is 0. The molecule has 7 nitrogen and oxygen atoms in total. The number of aromatic nitrogens is 1. The SMILES string of the molecule is CCN1CCC[C@H]1CN(Cc1ccncc1)C(=O)CCN1C(=O)[C@@H](C)Oc2ccccc21. The number of nitrogens with zero attached hydrogens (tertiary/aromatic N) is 4. The summed E-state index contributed by atoms with van der Waals surface area (Å²) >= 11 is 0. The van der Waals surface area contributed by atoms with Crippen LogP contribution in [0.1, 0.15) is 38.7 Å². The highest BCUT2D eigenvalue weighted by atomic mass is 16.5. The van der Waals surface area contributed by atoms with E-state index in [9.17, 15) is 9.59 Å². The first-order valence-corrected chi connectivity index (χ1v) is 11.5. The van der Waals surface area contributed by atoms with Crippen molar-refractivity contribution in [2.45, 2.75) is 51.8 Å². The van der Waals surface area contributed by atoms with Crippen molar-refractivity contribution in [3.8, 4) is 5.75 Å². The predicted molar refractivity (Wildman–Crippen MR) is 123 cm³/mol. The van der Waals surface area contributed by atoms with Crippen LogP contribution in [0.5, 0.6) is 5.75 Å². The second-order valence-electron chi connectivity index (χ2n) is 8.52. The van der Waals surface area contributed by atoms with Crippen LogP contribution in [-0.4, -0.2) is 64.9 Å². The molecule has 1 aromatic heterocycles. The van der Waals surface area contributed by atoms with Gasteiger partial charge < -0.3 is 14.5 Å². The van der Waals surface area contributed by atoms with Crippen LogP contribution in [0.15, 0.2) is 48.8 Å². The van der Waals surface area contributed by atoms with Gasteiger partial charge in [0, 0.05) is 44.5 Å². The Morgan fingerprint density at radius 3 is 2.78 bits per heavy atom. The average molecular weight is 437 g/mol. The molecule has 3 heterocycles. The van der Waals surface area contributed by atoms with Crippen molar-refractivity contribution in [2.75, 3.05) is 31.1 Å². The third-order valence-electron chi connectivity index (χ3n) is 6.43. The highest BCUT2D eigenvalue weighted by Gasteiger charge is 2.32. The summed E-state index contributed by atoms with van der Waals surface area (Å²) in [4.78, 5) is 36.4. The maximum absolute atomic E-state index is 13.4. The van der Waals surface area contributed by atoms with Crippen LogP contribution in [0, 0.1) is 0 Å². The van der Waals surface area contributed by atoms with Crippen molar-refractivity contribution in [3.63, 3.8) is 0 Å². The van der Waals surface area contributed by atoms with Crippen LogP contribution in [0.25, 0.3) is 0 Å². The molecule has 1 fully saturated rings. The van der Waals surface area contributed by atoms with E-state index >= 15 is 0 Å². The van der Waals surface area contributed by atoms with Gasteiger partial charge in [0.1, 0.15) is 5.75 Å². The van der Waals surface area contributed by atoms with Crippen LogP contribution in [-0.2, 0) is 16.1 Å². The Labute approximate surface area is 190 Å². The third kappa shape index (κ3) is 4.93. The minimum atomic E-state index is -0.551. The quantitative estimate of drug-likeness (QED) is 0.636. The van der Waals surface area contributed by atoms with Crippen LogP contribution in [0.4, 0.5) is 5.69 Å². The van der Waals surface area contributed by atoms with Crippen molar-refractivity contribution >= 4 is 17.5 Å². The number of pyridine rings is 1. The van der Waals surface area contributed by atoms with Crippen molar-refractivity contribution in [2.24, 2.45) is 0 Å². The molecule has 32 heavy (non-hydrogen) atoms. The summed E-state index contributed by atoms with van der Waals surface area (Å²) in [6.07, 6.45) is 5.53. The lowest BCUT2D eigenvalue weighted by atomic mass is 10.1. The largest absolute Gasteiger partial charge is 0.479 e. The zero-order valence-electron chi connectivity index (χ0n) is 18.9. The predicted octanol–water partition coefficient (Wildman–Crippen LogP) is 3.10. The molecule has 0 spiro atoms. The number of carbonyl (C=O) groups is 2. The fraction of sp³-hybridized carbons (Fsp3) is 0.480. The van der Waals surface area contributed by atoms with E-state index in [1.165, 1.54) is 6.42 Å². The molecule has 2 aliphatic rings. The number of likely N-dealkylation sites (N-methyl/N-ethyl adjacent to an activating group) is 1. The lowest BCUT2D eigenvalue weighted by molar-refractivity contribution is -0.132. The molecule has 2 atom stereocenters. The van der Waals surface area contributed by atoms with Crippen molar-refractivity contribution in [3.05, 3.63) is 54.4 Å². The number of para-hydroxylation sites is 2. The maximum atomic E-state index is 13.4. The highest BCUT2D eigenvalue weighted by Crippen LogP contribution is 2.33. The van der Waals surface area contributed by atoms with Gasteiger partial charge in [-0.05, 0) is 62.7 Å². The molecule has 4 rings (SSSR count). The topological polar surface area (TPSA) is 66.0 Å². The number of likely N-dealkylation sites (tertiary alicyclic amines) is 1. The molecule has 1 saturated heterocycles. The number of carbonyl (C=O) groups excluding carboxylic acids is 2. The first-order chi connectivity index (χ1) is 15.6. The second-order valence-corrected chi connectivity index (χ2v) is 8.52. The molecule has 2 aliphatic heterocycles. The van der Waals surface area contributed by atoms with Gasteiger partial charge in [-0.3, -0.25) is 19.5 Å². The van der Waals surface area contributed by atoms with Gasteiger partial charge in [0.25, 0.3) is 5.91 Å². The van der Waals surface area contributed by atoms with Gasteiger partial charge in [0.05, 0.1) is 5.69 Å². The summed E-state index contributed by atoms with van der Waals surface area (Å²) in [6, 6.07) is 11.8. The molecule has 0 saturated carbocycles. The van der Waals surface area contributed by atoms with Crippen molar-refractivity contribution in [1.82, 2.24) is 14.8 Å². The minimum Gasteiger partial charge on any atom is -0.479 e. The number of benzene rings is 1. The summed E-state index contributed by atoms with van der Waals surface area (Å²) < 4.78 is 5.72. The molecular weight excluding hydrogens is 404 g/mol. The molecule has 0 bridgehead atoms. The fourth-order valence-corrected chi connectivity index (χ4v) is 4.69. The van der Waals surface area contributed by atoms with E-state index < -0.39 is 6.10 Å². The lowest BCUT2D eigenvalue weighted by Gasteiger charge is -2.34. The van der Waals surface area contributed by atoms with Crippen LogP contribution in [0.2, 0.25) is 0 Å². The second kappa shape index (κ2) is 10.1. The Kier molecular flexibility index (Phi) is 7.05. The molecule has 7 heteroatoms. The summed E-state index contributed by atoms with van der Waals surface area (Å²) in [6.45, 7) is 7.63. The van der Waals surface area contributed by atoms with Crippen LogP contribution < -0.4 is 9.64 Å². The number of anilines is 1. The fourth-order valence-electron chi connectivity index (χ4n) is 4.69. The molecule has 0 aliphatic carbocycles. The standard InChI is InChI=1S/C25H32N4O3/c1-3-27-15-6-7-21(27)18-28(17-20-10-13-26-14-11-20)24(30)12-16-29-22-8-4-5-9-23(22)32-19(2)25(29)31/h4-5,8-11,13-14,19,21H,3,6-7,12,15-18H2,1-2H3/t19-,21+/m1/s1. The number of hydrogen-bond acceptors (Lipinski definition) is 5. The molecule has 2 amide bonds. The van der Waals surface area contributed by atoms with Crippen molar-refractivity contribution in [1.29, 1.82) is 0 Å². The minimum absolute atomic E-state index is 0.0641. The molecule has 0 N–H and O–H groups in total. The molecule has 170 valence electrons. The third-order valence-corrected chi connectivity index (χ3v) is 6.43. The Morgan fingerprint density at radius 1 is 1.22 bits per heavy atom. The van der Waals surface area contributed by atoms with E-state index in [1.807, 2.05) is 41.3 Å². The summed E-state index contributed by atoms with van der Waals surface area (Å²) in [5, 5.41) is 0. The summed E-state index contributed by atoms with van der Waals surface area (Å²) in [7, 11) is 0. The number of ether oxygens (including phenoxy) is 1. The van der Waals surface area contributed by atoms with Gasteiger partial charge in [-0.15, -0.1) is 0 Å². The lowest BCUT2D eigenvalue weighted by Crippen LogP contribution is -2.47. The zero-order valence-corrected chi connectivity index (χ0v) is 18.9. The molecular formula is C25H32N4O3. The van der Waals surface area contributed by atoms with Crippen molar-refractivity contribution < 1.29 is 14.3 Å². The first-order valence-electron chi connectivity index (χ1n) is 11.5. The Bertz CT molecular complexity index is 936. The molecule has 2 aromatic rings. The van der Waals surface area contributed by atoms with E-state index in [1.54, 1.807) is 24.2 Å². The highest BCUT2D eigenvalue weighted by molar-refractivity contribution is 6.00. The van der Waals surface area contributed by atoms with Crippen LogP contribution in [0.3, 0.4) is 0 Å². The summed E-state index contributed by atoms with van der Waals surface area (Å²) in [5.74, 6) is 0.643. The number of fused-ring (bicyclic) bond motifs is 1. The smallest absolute Gasteiger partial charge is 0.267 e. The number of rotatable bonds is 8. The average Bonchev–Trinajstić information content (AvgIpc) is 3.26. The maximum Gasteiger partial charge on any atom is 0.267 e. The normalized spacial score (nSPS) is 20.7. The van der Waals surface area contributed by atoms with E-state index in [4.69, 9.17) is 4.74 Å². The van der Waals surface area contributed by atoms with E-state index in [0.29, 0.717) is 31.4 Å². The Hall–Kier alpha value is -2.93. The molecule has 1 aromatic carbocycles. The van der Waals surface area contributed by atoms with Gasteiger partial charge in [-0.25, -0.2) is 0 Å². The van der Waals surface area contributed by atoms with E-state index in [0.717, 1.165) is 30.8 Å². The first kappa shape index (κ1) is 22.3. The zero-order chi connectivity index (χ0) is 22.5. The molecule has 0 unspecified atom stereocenters. The van der Waals surface area contributed by atoms with Gasteiger partial charge >= 0.3 is 0 Å². The van der Waals surface area contributed by atoms with E-state index in [-0.39, 0.29) is 18.2 Å².